The summed E-state index contributed by atoms with van der Waals surface area (Å²) in [5.41, 5.74) is 7.78. The van der Waals surface area contributed by atoms with E-state index in [1.165, 1.54) is 18.4 Å². The van der Waals surface area contributed by atoms with Gasteiger partial charge in [-0.1, -0.05) is 13.8 Å². The molecular weight excluding hydrogens is 480 g/mol. The zero-order chi connectivity index (χ0) is 26.0. The Labute approximate surface area is 211 Å². The lowest BCUT2D eigenvalue weighted by molar-refractivity contribution is 0.240. The lowest BCUT2D eigenvalue weighted by Crippen LogP contribution is -2.42. The SMILES string of the molecule is CC(C)c1cnn2c(Nc3ccc(S(=O)(=O)N(C)C)cc3)cc(N[C@H]3CC[C@H](NC(N)=O)CC3)nc12. The predicted octanol–water partition coefficient (Wildman–Crippen LogP) is 3.24. The van der Waals surface area contributed by atoms with Crippen LogP contribution in [0.4, 0.5) is 22.1 Å². The molecule has 12 heteroatoms. The molecule has 5 N–H and O–H groups in total. The van der Waals surface area contributed by atoms with Crippen molar-refractivity contribution in [2.45, 2.75) is 62.4 Å². The Hall–Kier alpha value is -3.38. The quantitative estimate of drug-likeness (QED) is 0.361. The number of amides is 2. The highest BCUT2D eigenvalue weighted by atomic mass is 32.2. The molecule has 0 radical (unpaired) electrons. The number of benzene rings is 1. The second-order valence-electron chi connectivity index (χ2n) is 9.65. The lowest BCUT2D eigenvalue weighted by atomic mass is 9.91. The maximum atomic E-state index is 12.4. The minimum Gasteiger partial charge on any atom is -0.367 e. The summed E-state index contributed by atoms with van der Waals surface area (Å²) in [4.78, 5) is 16.2. The van der Waals surface area contributed by atoms with Gasteiger partial charge in [-0.05, 0) is 55.9 Å². The minimum absolute atomic E-state index is 0.106. The fourth-order valence-electron chi connectivity index (χ4n) is 4.41. The summed E-state index contributed by atoms with van der Waals surface area (Å²) in [7, 11) is -0.487. The van der Waals surface area contributed by atoms with E-state index in [0.717, 1.165) is 48.4 Å². The van der Waals surface area contributed by atoms with Crippen molar-refractivity contribution in [3.05, 3.63) is 42.1 Å². The first-order valence-electron chi connectivity index (χ1n) is 12.1. The predicted molar refractivity (Wildman–Crippen MR) is 140 cm³/mol. The van der Waals surface area contributed by atoms with Crippen LogP contribution in [0, 0.1) is 0 Å². The van der Waals surface area contributed by atoms with Crippen LogP contribution >= 0.6 is 0 Å². The molecule has 0 unspecified atom stereocenters. The average molecular weight is 515 g/mol. The van der Waals surface area contributed by atoms with Crippen LogP contribution in [0.25, 0.3) is 5.65 Å². The Morgan fingerprint density at radius 2 is 1.75 bits per heavy atom. The van der Waals surface area contributed by atoms with Crippen LogP contribution in [-0.2, 0) is 10.0 Å². The Balaban J connectivity index is 1.59. The van der Waals surface area contributed by atoms with Crippen LogP contribution in [0.1, 0.15) is 51.0 Å². The molecule has 1 aliphatic rings. The van der Waals surface area contributed by atoms with Gasteiger partial charge in [0, 0.05) is 43.5 Å². The summed E-state index contributed by atoms with van der Waals surface area (Å²) in [6.45, 7) is 4.20. The molecule has 11 nitrogen and oxygen atoms in total. The van der Waals surface area contributed by atoms with E-state index < -0.39 is 16.1 Å². The number of urea groups is 1. The van der Waals surface area contributed by atoms with E-state index in [1.807, 2.05) is 12.3 Å². The van der Waals surface area contributed by atoms with E-state index >= 15 is 0 Å². The topological polar surface area (TPSA) is 147 Å². The molecule has 1 fully saturated rings. The number of rotatable bonds is 8. The number of hydrogen-bond donors (Lipinski definition) is 4. The van der Waals surface area contributed by atoms with E-state index in [9.17, 15) is 13.2 Å². The maximum absolute atomic E-state index is 12.4. The van der Waals surface area contributed by atoms with Gasteiger partial charge in [-0.2, -0.15) is 9.61 Å². The molecular formula is C24H34N8O3S. The zero-order valence-corrected chi connectivity index (χ0v) is 21.8. The van der Waals surface area contributed by atoms with Gasteiger partial charge in [0.05, 0.1) is 11.1 Å². The summed E-state index contributed by atoms with van der Waals surface area (Å²) in [6, 6.07) is 8.37. The highest BCUT2D eigenvalue weighted by Crippen LogP contribution is 2.28. The fraction of sp³-hybridized carbons (Fsp3) is 0.458. The molecule has 2 heterocycles. The Morgan fingerprint density at radius 3 is 2.33 bits per heavy atom. The molecule has 36 heavy (non-hydrogen) atoms. The van der Waals surface area contributed by atoms with Crippen molar-refractivity contribution in [2.75, 3.05) is 24.7 Å². The molecule has 1 saturated carbocycles. The lowest BCUT2D eigenvalue weighted by Gasteiger charge is -2.29. The van der Waals surface area contributed by atoms with Gasteiger partial charge in [0.2, 0.25) is 10.0 Å². The largest absolute Gasteiger partial charge is 0.367 e. The monoisotopic (exact) mass is 514 g/mol. The third-order valence-corrected chi connectivity index (χ3v) is 8.28. The molecule has 194 valence electrons. The number of nitrogens with one attached hydrogen (secondary N) is 3. The number of hydrogen-bond acceptors (Lipinski definition) is 7. The van der Waals surface area contributed by atoms with Gasteiger partial charge in [0.15, 0.2) is 5.65 Å². The van der Waals surface area contributed by atoms with Crippen molar-refractivity contribution in [1.29, 1.82) is 0 Å². The van der Waals surface area contributed by atoms with Crippen molar-refractivity contribution in [1.82, 2.24) is 24.2 Å². The Kier molecular flexibility index (Phi) is 7.36. The van der Waals surface area contributed by atoms with Crippen molar-refractivity contribution in [3.63, 3.8) is 0 Å². The van der Waals surface area contributed by atoms with Crippen LogP contribution in [0.2, 0.25) is 0 Å². The summed E-state index contributed by atoms with van der Waals surface area (Å²) >= 11 is 0. The number of sulfonamides is 1. The first-order chi connectivity index (χ1) is 17.0. The van der Waals surface area contributed by atoms with E-state index in [-0.39, 0.29) is 22.9 Å². The van der Waals surface area contributed by atoms with Crippen LogP contribution in [-0.4, -0.2) is 59.5 Å². The third kappa shape index (κ3) is 5.54. The van der Waals surface area contributed by atoms with Gasteiger partial charge < -0.3 is 21.7 Å². The second kappa shape index (κ2) is 10.3. The molecule has 1 aliphatic carbocycles. The van der Waals surface area contributed by atoms with E-state index in [4.69, 9.17) is 10.7 Å². The van der Waals surface area contributed by atoms with Gasteiger partial charge in [0.1, 0.15) is 11.6 Å². The smallest absolute Gasteiger partial charge is 0.312 e. The number of nitrogens with zero attached hydrogens (tertiary/aromatic N) is 4. The van der Waals surface area contributed by atoms with Crippen LogP contribution in [0.3, 0.4) is 0 Å². The highest BCUT2D eigenvalue weighted by molar-refractivity contribution is 7.89. The molecule has 3 aromatic rings. The number of carbonyl (C=O) groups excluding carboxylic acids is 1. The maximum Gasteiger partial charge on any atom is 0.312 e. The summed E-state index contributed by atoms with van der Waals surface area (Å²) < 4.78 is 27.7. The van der Waals surface area contributed by atoms with E-state index in [0.29, 0.717) is 5.82 Å². The normalized spacial score (nSPS) is 18.5. The number of anilines is 3. The zero-order valence-electron chi connectivity index (χ0n) is 21.0. The highest BCUT2D eigenvalue weighted by Gasteiger charge is 2.23. The molecule has 0 spiro atoms. The van der Waals surface area contributed by atoms with Crippen molar-refractivity contribution in [3.8, 4) is 0 Å². The Bertz CT molecular complexity index is 1330. The number of aromatic nitrogens is 3. The number of primary amides is 1. The third-order valence-electron chi connectivity index (χ3n) is 6.45. The first kappa shape index (κ1) is 25.7. The van der Waals surface area contributed by atoms with Crippen molar-refractivity contribution < 1.29 is 13.2 Å². The molecule has 0 bridgehead atoms. The number of nitrogens with two attached hydrogens (primary N) is 1. The minimum atomic E-state index is -3.50. The molecule has 2 aromatic heterocycles. The number of fused-ring (bicyclic) bond motifs is 1. The summed E-state index contributed by atoms with van der Waals surface area (Å²) in [5.74, 6) is 1.68. The molecule has 0 atom stereocenters. The van der Waals surface area contributed by atoms with E-state index in [1.54, 1.807) is 28.8 Å². The van der Waals surface area contributed by atoms with Gasteiger partial charge in [0.25, 0.3) is 0 Å². The standard InChI is InChI=1S/C24H34N8O3S/c1-15(2)20-14-26-32-22(28-17-9-11-19(12-10-17)36(34,35)31(3)4)13-21(30-23(20)32)27-16-5-7-18(8-6-16)29-24(25)33/h9-16,18,28H,5-8H2,1-4H3,(H,27,30)(H3,25,29,33)/t16-,18-. The molecule has 0 aliphatic heterocycles. The molecule has 0 saturated heterocycles. The average Bonchev–Trinajstić information content (AvgIpc) is 3.25. The second-order valence-corrected chi connectivity index (χ2v) is 11.8. The molecule has 1 aromatic carbocycles. The van der Waals surface area contributed by atoms with Gasteiger partial charge >= 0.3 is 6.03 Å². The van der Waals surface area contributed by atoms with Crippen LogP contribution in [0.5, 0.6) is 0 Å². The Morgan fingerprint density at radius 1 is 1.11 bits per heavy atom. The summed E-state index contributed by atoms with van der Waals surface area (Å²) in [5, 5.41) is 14.3. The van der Waals surface area contributed by atoms with Gasteiger partial charge in [-0.3, -0.25) is 0 Å². The van der Waals surface area contributed by atoms with Gasteiger partial charge in [-0.25, -0.2) is 22.5 Å². The number of carbonyl (C=O) groups is 1. The fourth-order valence-corrected chi connectivity index (χ4v) is 5.31. The van der Waals surface area contributed by atoms with Crippen molar-refractivity contribution >= 4 is 39.0 Å². The summed E-state index contributed by atoms with van der Waals surface area (Å²) in [6.07, 6.45) is 5.30. The van der Waals surface area contributed by atoms with Gasteiger partial charge in [-0.15, -0.1) is 0 Å². The molecule has 2 amide bonds. The van der Waals surface area contributed by atoms with Crippen LogP contribution in [0.15, 0.2) is 41.4 Å². The first-order valence-corrected chi connectivity index (χ1v) is 13.5. The van der Waals surface area contributed by atoms with Crippen LogP contribution < -0.4 is 21.7 Å². The molecule has 4 rings (SSSR count). The van der Waals surface area contributed by atoms with Crippen molar-refractivity contribution in [2.24, 2.45) is 5.73 Å². The van der Waals surface area contributed by atoms with E-state index in [2.05, 4.69) is 34.9 Å².